The molecule has 31 heavy (non-hydrogen) atoms. The fraction of sp³-hybridized carbons (Fsp3) is 0.286. The largest absolute Gasteiger partial charge is 0.454 e. The first-order chi connectivity index (χ1) is 14.9. The maximum absolute atomic E-state index is 12.8. The molecule has 0 fully saturated rings. The summed E-state index contributed by atoms with van der Waals surface area (Å²) in [5.74, 6) is 1.73. The highest BCUT2D eigenvalue weighted by atomic mass is 19.4. The van der Waals surface area contributed by atoms with Crippen molar-refractivity contribution >= 4 is 5.91 Å². The number of halogens is 3. The highest BCUT2D eigenvalue weighted by Gasteiger charge is 2.30. The number of ether oxygens (including phenoxy) is 2. The lowest BCUT2D eigenvalue weighted by molar-refractivity contribution is -0.137. The van der Waals surface area contributed by atoms with Gasteiger partial charge in [-0.2, -0.15) is 13.2 Å². The Kier molecular flexibility index (Phi) is 5.79. The summed E-state index contributed by atoms with van der Waals surface area (Å²) >= 11 is 0. The maximum atomic E-state index is 12.8. The van der Waals surface area contributed by atoms with Crippen molar-refractivity contribution < 1.29 is 31.9 Å². The molecule has 0 bridgehead atoms. The topological polar surface area (TPSA) is 86.5 Å². The van der Waals surface area contributed by atoms with Crippen molar-refractivity contribution in [2.45, 2.75) is 32.0 Å². The summed E-state index contributed by atoms with van der Waals surface area (Å²) in [5, 5.41) is 10.5. The van der Waals surface area contributed by atoms with Crippen molar-refractivity contribution in [3.05, 3.63) is 70.9 Å². The smallest absolute Gasteiger partial charge is 0.416 e. The number of benzene rings is 2. The minimum absolute atomic E-state index is 0.00194. The highest BCUT2D eigenvalue weighted by molar-refractivity contribution is 5.76. The van der Waals surface area contributed by atoms with Gasteiger partial charge in [-0.1, -0.05) is 18.2 Å². The molecule has 0 atom stereocenters. The zero-order chi connectivity index (χ0) is 21.8. The van der Waals surface area contributed by atoms with Crippen LogP contribution in [0.4, 0.5) is 13.2 Å². The van der Waals surface area contributed by atoms with E-state index in [9.17, 15) is 18.0 Å². The van der Waals surface area contributed by atoms with E-state index in [1.54, 1.807) is 0 Å². The fourth-order valence-corrected chi connectivity index (χ4v) is 3.05. The number of carbonyl (C=O) groups excluding carboxylic acids is 1. The number of amides is 1. The molecule has 0 unspecified atom stereocenters. The van der Waals surface area contributed by atoms with Crippen molar-refractivity contribution in [3.8, 4) is 11.5 Å². The molecule has 10 heteroatoms. The zero-order valence-corrected chi connectivity index (χ0v) is 16.2. The van der Waals surface area contributed by atoms with E-state index in [0.29, 0.717) is 35.3 Å². The van der Waals surface area contributed by atoms with E-state index in [0.717, 1.165) is 17.7 Å². The van der Waals surface area contributed by atoms with E-state index >= 15 is 0 Å². The van der Waals surface area contributed by atoms with Gasteiger partial charge in [0.1, 0.15) is 0 Å². The van der Waals surface area contributed by atoms with Crippen LogP contribution in [0, 0.1) is 0 Å². The number of rotatable bonds is 7. The third kappa shape index (κ3) is 5.33. The molecule has 0 saturated heterocycles. The first kappa shape index (κ1) is 20.7. The molecule has 0 spiro atoms. The van der Waals surface area contributed by atoms with Gasteiger partial charge in [-0.05, 0) is 35.4 Å². The Morgan fingerprint density at radius 3 is 2.65 bits per heavy atom. The van der Waals surface area contributed by atoms with Crippen LogP contribution in [0.1, 0.15) is 34.9 Å². The van der Waals surface area contributed by atoms with Crippen LogP contribution in [0.25, 0.3) is 0 Å². The third-order valence-electron chi connectivity index (χ3n) is 4.61. The third-order valence-corrected chi connectivity index (χ3v) is 4.61. The van der Waals surface area contributed by atoms with Gasteiger partial charge in [-0.15, -0.1) is 10.2 Å². The Balaban J connectivity index is 1.25. The number of aromatic nitrogens is 2. The van der Waals surface area contributed by atoms with Gasteiger partial charge < -0.3 is 19.2 Å². The van der Waals surface area contributed by atoms with Crippen LogP contribution >= 0.6 is 0 Å². The number of aryl methyl sites for hydroxylation is 1. The molecule has 1 N–H and O–H groups in total. The molecule has 7 nitrogen and oxygen atoms in total. The van der Waals surface area contributed by atoms with Crippen molar-refractivity contribution in [1.82, 2.24) is 15.5 Å². The van der Waals surface area contributed by atoms with Gasteiger partial charge in [0, 0.05) is 19.4 Å². The van der Waals surface area contributed by atoms with Crippen LogP contribution in [0.3, 0.4) is 0 Å². The fourth-order valence-electron chi connectivity index (χ4n) is 3.05. The predicted molar refractivity (Wildman–Crippen MR) is 101 cm³/mol. The van der Waals surface area contributed by atoms with Gasteiger partial charge in [0.05, 0.1) is 12.0 Å². The van der Waals surface area contributed by atoms with Gasteiger partial charge >= 0.3 is 6.18 Å². The van der Waals surface area contributed by atoms with Gasteiger partial charge in [-0.25, -0.2) is 0 Å². The average molecular weight is 433 g/mol. The van der Waals surface area contributed by atoms with Gasteiger partial charge in [-0.3, -0.25) is 4.79 Å². The molecule has 2 heterocycles. The number of hydrogen-bond acceptors (Lipinski definition) is 6. The van der Waals surface area contributed by atoms with Crippen molar-refractivity contribution in [3.63, 3.8) is 0 Å². The van der Waals surface area contributed by atoms with Crippen LogP contribution in [0.15, 0.2) is 46.9 Å². The summed E-state index contributed by atoms with van der Waals surface area (Å²) in [6.07, 6.45) is -3.71. The summed E-state index contributed by atoms with van der Waals surface area (Å²) in [6, 6.07) is 10.4. The average Bonchev–Trinajstić information content (AvgIpc) is 3.39. The summed E-state index contributed by atoms with van der Waals surface area (Å²) in [5.41, 5.74) is 0.533. The number of nitrogens with one attached hydrogen (secondary N) is 1. The zero-order valence-electron chi connectivity index (χ0n) is 16.2. The molecule has 3 aromatic rings. The minimum atomic E-state index is -4.42. The molecular formula is C21H18F3N3O4. The first-order valence-corrected chi connectivity index (χ1v) is 9.49. The van der Waals surface area contributed by atoms with Crippen molar-refractivity contribution in [2.75, 3.05) is 6.79 Å². The number of nitrogens with zero attached hydrogens (tertiary/aromatic N) is 2. The molecule has 4 rings (SSSR count). The molecule has 0 aliphatic carbocycles. The summed E-state index contributed by atoms with van der Waals surface area (Å²) in [7, 11) is 0. The molecule has 1 aliphatic rings. The Bertz CT molecular complexity index is 1080. The second-order valence-electron chi connectivity index (χ2n) is 6.93. The number of carbonyl (C=O) groups is 1. The van der Waals surface area contributed by atoms with E-state index in [1.807, 2.05) is 18.2 Å². The second-order valence-corrected chi connectivity index (χ2v) is 6.93. The van der Waals surface area contributed by atoms with E-state index in [4.69, 9.17) is 13.9 Å². The molecule has 1 amide bonds. The molecule has 162 valence electrons. The number of fused-ring (bicyclic) bond motifs is 1. The summed E-state index contributed by atoms with van der Waals surface area (Å²) < 4.78 is 54.4. The van der Waals surface area contributed by atoms with E-state index < -0.39 is 11.7 Å². The Morgan fingerprint density at radius 2 is 1.81 bits per heavy atom. The monoisotopic (exact) mass is 433 g/mol. The molecule has 0 radical (unpaired) electrons. The molecule has 1 aromatic heterocycles. The van der Waals surface area contributed by atoms with Crippen molar-refractivity contribution in [2.24, 2.45) is 0 Å². The highest BCUT2D eigenvalue weighted by Crippen LogP contribution is 2.33. The quantitative estimate of drug-likeness (QED) is 0.612. The van der Waals surface area contributed by atoms with Crippen LogP contribution in [-0.4, -0.2) is 22.9 Å². The van der Waals surface area contributed by atoms with Crippen LogP contribution in [-0.2, 0) is 30.4 Å². The van der Waals surface area contributed by atoms with Gasteiger partial charge in [0.25, 0.3) is 0 Å². The predicted octanol–water partition coefficient (Wildman–Crippen LogP) is 3.66. The van der Waals surface area contributed by atoms with Gasteiger partial charge in [0.15, 0.2) is 11.5 Å². The molecule has 2 aromatic carbocycles. The molecule has 1 aliphatic heterocycles. The van der Waals surface area contributed by atoms with E-state index in [-0.39, 0.29) is 32.1 Å². The normalized spacial score (nSPS) is 12.7. The van der Waals surface area contributed by atoms with E-state index in [2.05, 4.69) is 15.5 Å². The van der Waals surface area contributed by atoms with Gasteiger partial charge in [0.2, 0.25) is 24.5 Å². The number of hydrogen-bond donors (Lipinski definition) is 1. The van der Waals surface area contributed by atoms with Crippen molar-refractivity contribution in [1.29, 1.82) is 0 Å². The Morgan fingerprint density at radius 1 is 1.00 bits per heavy atom. The molecular weight excluding hydrogens is 415 g/mol. The van der Waals surface area contributed by atoms with E-state index in [1.165, 1.54) is 12.1 Å². The van der Waals surface area contributed by atoms with Crippen LogP contribution < -0.4 is 14.8 Å². The lowest BCUT2D eigenvalue weighted by Crippen LogP contribution is -2.23. The summed E-state index contributed by atoms with van der Waals surface area (Å²) in [6.45, 7) is 0.196. The SMILES string of the molecule is O=C(CCc1nnc(Cc2ccc3c(c2)OCO3)o1)NCc1cccc(C(F)(F)F)c1. The number of alkyl halides is 3. The Hall–Kier alpha value is -3.56. The maximum Gasteiger partial charge on any atom is 0.416 e. The first-order valence-electron chi connectivity index (χ1n) is 9.49. The Labute approximate surface area is 175 Å². The minimum Gasteiger partial charge on any atom is -0.454 e. The van der Waals surface area contributed by atoms with Crippen LogP contribution in [0.5, 0.6) is 11.5 Å². The standard InChI is InChI=1S/C21H18F3N3O4/c22-21(23,24)15-3-1-2-14(8-15)11-25-18(28)6-7-19-26-27-20(31-19)10-13-4-5-16-17(9-13)30-12-29-16/h1-5,8-9H,6-7,10-12H2,(H,25,28). The molecule has 0 saturated carbocycles. The lowest BCUT2D eigenvalue weighted by Gasteiger charge is -2.09. The second kappa shape index (κ2) is 8.66. The lowest BCUT2D eigenvalue weighted by atomic mass is 10.1. The van der Waals surface area contributed by atoms with Crippen LogP contribution in [0.2, 0.25) is 0 Å². The summed E-state index contributed by atoms with van der Waals surface area (Å²) in [4.78, 5) is 12.0.